The highest BCUT2D eigenvalue weighted by atomic mass is 35.5. The molecular weight excluding hydrogens is 466 g/mol. The molecular formula is C26H30ClN5O3. The molecule has 8 nitrogen and oxygen atoms in total. The van der Waals surface area contributed by atoms with Crippen LogP contribution in [0.2, 0.25) is 5.02 Å². The Morgan fingerprint density at radius 2 is 1.77 bits per heavy atom. The molecule has 184 valence electrons. The first-order valence-electron chi connectivity index (χ1n) is 11.7. The van der Waals surface area contributed by atoms with Gasteiger partial charge in [0.05, 0.1) is 25.5 Å². The minimum absolute atomic E-state index is 0.0449. The smallest absolute Gasteiger partial charge is 0.246 e. The highest BCUT2D eigenvalue weighted by Crippen LogP contribution is 2.25. The van der Waals surface area contributed by atoms with Gasteiger partial charge in [-0.25, -0.2) is 4.98 Å². The van der Waals surface area contributed by atoms with Crippen molar-refractivity contribution in [2.24, 2.45) is 0 Å². The first-order valence-corrected chi connectivity index (χ1v) is 12.0. The zero-order valence-electron chi connectivity index (χ0n) is 20.0. The Kier molecular flexibility index (Phi) is 8.17. The van der Waals surface area contributed by atoms with Gasteiger partial charge in [0.15, 0.2) is 0 Å². The Bertz CT molecular complexity index is 1150. The van der Waals surface area contributed by atoms with Crippen LogP contribution in [0.3, 0.4) is 0 Å². The fourth-order valence-electron chi connectivity index (χ4n) is 3.90. The maximum atomic E-state index is 13.0. The number of hydrogen-bond donors (Lipinski definition) is 1. The van der Waals surface area contributed by atoms with E-state index in [1.807, 2.05) is 54.1 Å². The minimum atomic E-state index is -0.302. The van der Waals surface area contributed by atoms with Gasteiger partial charge in [0, 0.05) is 55.6 Å². The fraction of sp³-hybridized carbons (Fsp3) is 0.346. The van der Waals surface area contributed by atoms with Crippen LogP contribution in [-0.2, 0) is 14.3 Å². The van der Waals surface area contributed by atoms with Gasteiger partial charge < -0.3 is 9.64 Å². The largest absolute Gasteiger partial charge is 0.379 e. The molecule has 0 atom stereocenters. The Morgan fingerprint density at radius 3 is 2.43 bits per heavy atom. The summed E-state index contributed by atoms with van der Waals surface area (Å²) < 4.78 is 7.22. The van der Waals surface area contributed by atoms with Crippen LogP contribution in [-0.4, -0.2) is 77.1 Å². The summed E-state index contributed by atoms with van der Waals surface area (Å²) in [5.41, 5.74) is 3.59. The third-order valence-corrected chi connectivity index (χ3v) is 6.23. The van der Waals surface area contributed by atoms with Gasteiger partial charge in [0.2, 0.25) is 17.8 Å². The summed E-state index contributed by atoms with van der Waals surface area (Å²) in [5, 5.41) is 3.55. The monoisotopic (exact) mass is 495 g/mol. The van der Waals surface area contributed by atoms with E-state index in [0.29, 0.717) is 43.0 Å². The summed E-state index contributed by atoms with van der Waals surface area (Å²) in [6.07, 6.45) is 1.88. The summed E-state index contributed by atoms with van der Waals surface area (Å²) in [5.74, 6) is -0.0542. The first-order chi connectivity index (χ1) is 16.9. The number of carbonyl (C=O) groups excluding carboxylic acids is 2. The molecule has 1 aliphatic rings. The van der Waals surface area contributed by atoms with Crippen molar-refractivity contribution >= 4 is 29.4 Å². The molecule has 1 N–H and O–H groups in total. The fourth-order valence-corrected chi connectivity index (χ4v) is 4.03. The van der Waals surface area contributed by atoms with Crippen LogP contribution < -0.4 is 5.32 Å². The minimum Gasteiger partial charge on any atom is -0.379 e. The van der Waals surface area contributed by atoms with Gasteiger partial charge in [-0.2, -0.15) is 0 Å². The number of carbonyl (C=O) groups is 2. The van der Waals surface area contributed by atoms with Crippen LogP contribution in [0.4, 0.5) is 5.95 Å². The van der Waals surface area contributed by atoms with Crippen molar-refractivity contribution in [3.05, 3.63) is 65.3 Å². The standard InChI is InChI=1S/C26H30ClN5O3/c1-19-3-9-23(10-4-19)32-17-24(21-5-7-22(27)8-6-21)28-26(32)29-25(34)18-31(20(2)33)12-11-30-13-15-35-16-14-30/h3-10,17H,11-16,18H2,1-2H3,(H,28,29,34). The highest BCUT2D eigenvalue weighted by molar-refractivity contribution is 6.30. The molecule has 2 heterocycles. The van der Waals surface area contributed by atoms with Crippen molar-refractivity contribution in [3.63, 3.8) is 0 Å². The number of imidazole rings is 1. The number of nitrogens with zero attached hydrogens (tertiary/aromatic N) is 4. The number of anilines is 1. The Labute approximate surface area is 210 Å². The quantitative estimate of drug-likeness (QED) is 0.516. The van der Waals surface area contributed by atoms with E-state index in [0.717, 1.165) is 29.9 Å². The van der Waals surface area contributed by atoms with E-state index in [1.54, 1.807) is 17.0 Å². The summed E-state index contributed by atoms with van der Waals surface area (Å²) in [7, 11) is 0. The van der Waals surface area contributed by atoms with Gasteiger partial charge in [-0.05, 0) is 31.2 Å². The van der Waals surface area contributed by atoms with Gasteiger partial charge in [-0.3, -0.25) is 24.4 Å². The highest BCUT2D eigenvalue weighted by Gasteiger charge is 2.19. The molecule has 4 rings (SSSR count). The lowest BCUT2D eigenvalue weighted by Gasteiger charge is -2.29. The molecule has 1 saturated heterocycles. The van der Waals surface area contributed by atoms with E-state index in [2.05, 4.69) is 15.2 Å². The van der Waals surface area contributed by atoms with Crippen molar-refractivity contribution in [1.29, 1.82) is 0 Å². The van der Waals surface area contributed by atoms with E-state index in [4.69, 9.17) is 16.3 Å². The Morgan fingerprint density at radius 1 is 1.09 bits per heavy atom. The summed E-state index contributed by atoms with van der Waals surface area (Å²) in [6.45, 7) is 7.69. The van der Waals surface area contributed by atoms with Crippen LogP contribution >= 0.6 is 11.6 Å². The van der Waals surface area contributed by atoms with Gasteiger partial charge in [0.1, 0.15) is 0 Å². The zero-order valence-corrected chi connectivity index (χ0v) is 20.8. The molecule has 0 aliphatic carbocycles. The average molecular weight is 496 g/mol. The van der Waals surface area contributed by atoms with Crippen molar-refractivity contribution in [2.75, 3.05) is 51.3 Å². The average Bonchev–Trinajstić information content (AvgIpc) is 3.26. The van der Waals surface area contributed by atoms with E-state index in [9.17, 15) is 9.59 Å². The third-order valence-electron chi connectivity index (χ3n) is 5.98. The van der Waals surface area contributed by atoms with Crippen LogP contribution in [0.5, 0.6) is 0 Å². The van der Waals surface area contributed by atoms with E-state index in [1.165, 1.54) is 6.92 Å². The van der Waals surface area contributed by atoms with Crippen LogP contribution in [0.15, 0.2) is 54.7 Å². The Balaban J connectivity index is 1.51. The van der Waals surface area contributed by atoms with E-state index in [-0.39, 0.29) is 18.4 Å². The first kappa shape index (κ1) is 24.9. The zero-order chi connectivity index (χ0) is 24.8. The summed E-state index contributed by atoms with van der Waals surface area (Å²) in [6, 6.07) is 15.3. The number of aryl methyl sites for hydroxylation is 1. The molecule has 3 aromatic rings. The second kappa shape index (κ2) is 11.5. The number of halogens is 1. The van der Waals surface area contributed by atoms with Crippen molar-refractivity contribution < 1.29 is 14.3 Å². The molecule has 0 spiro atoms. The molecule has 2 amide bonds. The topological polar surface area (TPSA) is 79.7 Å². The number of rotatable bonds is 8. The van der Waals surface area contributed by atoms with Crippen LogP contribution in [0.1, 0.15) is 12.5 Å². The normalized spacial score (nSPS) is 14.0. The number of amides is 2. The van der Waals surface area contributed by atoms with Gasteiger partial charge in [0.25, 0.3) is 0 Å². The van der Waals surface area contributed by atoms with Crippen LogP contribution in [0.25, 0.3) is 16.9 Å². The number of benzene rings is 2. The predicted octanol–water partition coefficient (Wildman–Crippen LogP) is 3.62. The van der Waals surface area contributed by atoms with E-state index < -0.39 is 0 Å². The second-order valence-electron chi connectivity index (χ2n) is 8.60. The molecule has 1 aliphatic heterocycles. The molecule has 9 heteroatoms. The van der Waals surface area contributed by atoms with Gasteiger partial charge in [-0.1, -0.05) is 41.4 Å². The molecule has 0 bridgehead atoms. The maximum Gasteiger partial charge on any atom is 0.246 e. The Hall–Kier alpha value is -3.20. The van der Waals surface area contributed by atoms with Gasteiger partial charge in [-0.15, -0.1) is 0 Å². The van der Waals surface area contributed by atoms with E-state index >= 15 is 0 Å². The number of morpholine rings is 1. The summed E-state index contributed by atoms with van der Waals surface area (Å²) in [4.78, 5) is 33.7. The van der Waals surface area contributed by atoms with Crippen molar-refractivity contribution in [1.82, 2.24) is 19.4 Å². The molecule has 0 unspecified atom stereocenters. The molecule has 35 heavy (non-hydrogen) atoms. The number of nitrogens with one attached hydrogen (secondary N) is 1. The van der Waals surface area contributed by atoms with Crippen molar-refractivity contribution in [3.8, 4) is 16.9 Å². The predicted molar refractivity (Wildman–Crippen MR) is 137 cm³/mol. The molecule has 0 radical (unpaired) electrons. The second-order valence-corrected chi connectivity index (χ2v) is 9.04. The van der Waals surface area contributed by atoms with Crippen molar-refractivity contribution in [2.45, 2.75) is 13.8 Å². The lowest BCUT2D eigenvalue weighted by molar-refractivity contribution is -0.133. The molecule has 1 fully saturated rings. The lowest BCUT2D eigenvalue weighted by atomic mass is 10.2. The maximum absolute atomic E-state index is 13.0. The number of hydrogen-bond acceptors (Lipinski definition) is 5. The number of ether oxygens (including phenoxy) is 1. The third kappa shape index (κ3) is 6.69. The van der Waals surface area contributed by atoms with Crippen LogP contribution in [0, 0.1) is 6.92 Å². The molecule has 2 aromatic carbocycles. The lowest BCUT2D eigenvalue weighted by Crippen LogP contribution is -2.44. The SMILES string of the molecule is CC(=O)N(CCN1CCOCC1)CC(=O)Nc1nc(-c2ccc(Cl)cc2)cn1-c1ccc(C)cc1. The molecule has 1 aromatic heterocycles. The van der Waals surface area contributed by atoms with Gasteiger partial charge >= 0.3 is 0 Å². The number of aromatic nitrogens is 2. The molecule has 0 saturated carbocycles. The summed E-state index contributed by atoms with van der Waals surface area (Å²) >= 11 is 6.04.